The average Bonchev–Trinajstić information content (AvgIpc) is 3.29. The molecule has 0 N–H and O–H groups in total. The summed E-state index contributed by atoms with van der Waals surface area (Å²) in [4.78, 5) is 22.8. The summed E-state index contributed by atoms with van der Waals surface area (Å²) < 4.78 is 4.00. The summed E-state index contributed by atoms with van der Waals surface area (Å²) in [7, 11) is 0. The molecule has 0 aliphatic carbocycles. The van der Waals surface area contributed by atoms with Crippen LogP contribution in [0.4, 0.5) is 11.6 Å². The van der Waals surface area contributed by atoms with Gasteiger partial charge < -0.3 is 14.4 Å². The van der Waals surface area contributed by atoms with Crippen LogP contribution in [0.2, 0.25) is 0 Å². The van der Waals surface area contributed by atoms with Gasteiger partial charge in [0.2, 0.25) is 0 Å². The lowest BCUT2D eigenvalue weighted by molar-refractivity contribution is 0.633. The van der Waals surface area contributed by atoms with E-state index in [-0.39, 0.29) is 0 Å². The Hall–Kier alpha value is -3.23. The van der Waals surface area contributed by atoms with E-state index in [1.54, 1.807) is 6.33 Å². The Labute approximate surface area is 162 Å². The van der Waals surface area contributed by atoms with Crippen molar-refractivity contribution in [3.05, 3.63) is 36.2 Å². The number of imidazole rings is 1. The van der Waals surface area contributed by atoms with Crippen molar-refractivity contribution in [2.45, 2.75) is 27.3 Å². The summed E-state index contributed by atoms with van der Waals surface area (Å²) in [6.07, 6.45) is 3.48. The zero-order valence-corrected chi connectivity index (χ0v) is 16.4. The second kappa shape index (κ2) is 6.43. The number of aromatic nitrogens is 7. The molecule has 28 heavy (non-hydrogen) atoms. The highest BCUT2D eigenvalue weighted by Gasteiger charge is 2.23. The van der Waals surface area contributed by atoms with Gasteiger partial charge in [-0.1, -0.05) is 0 Å². The minimum Gasteiger partial charge on any atom is -0.353 e. The minimum absolute atomic E-state index is 0.849. The molecule has 0 spiro atoms. The standard InChI is InChI=1S/C19H23N9/c1-4-25-12-22-17-18(25)20-11-21-19(17)27-7-5-26(6-8-27)16-10-13(2)23-15-9-14(3)24-28(15)16/h9-12H,4-8H2,1-3H3. The van der Waals surface area contributed by atoms with Gasteiger partial charge in [0.15, 0.2) is 22.6 Å². The molecule has 0 unspecified atom stereocenters. The number of nitrogens with zero attached hydrogens (tertiary/aromatic N) is 9. The van der Waals surface area contributed by atoms with Crippen LogP contribution < -0.4 is 9.80 Å². The van der Waals surface area contributed by atoms with E-state index in [2.05, 4.69) is 47.8 Å². The largest absolute Gasteiger partial charge is 0.353 e. The second-order valence-electron chi connectivity index (χ2n) is 7.19. The summed E-state index contributed by atoms with van der Waals surface area (Å²) in [5, 5.41) is 4.63. The van der Waals surface area contributed by atoms with Gasteiger partial charge in [-0.2, -0.15) is 9.61 Å². The second-order valence-corrected chi connectivity index (χ2v) is 7.19. The highest BCUT2D eigenvalue weighted by atomic mass is 15.4. The Bertz CT molecular complexity index is 1150. The van der Waals surface area contributed by atoms with Crippen LogP contribution in [-0.2, 0) is 6.54 Å². The molecule has 4 aromatic rings. The van der Waals surface area contributed by atoms with Crippen LogP contribution in [-0.4, -0.2) is 60.3 Å². The van der Waals surface area contributed by atoms with Gasteiger partial charge in [-0.15, -0.1) is 0 Å². The first kappa shape index (κ1) is 16.9. The molecule has 1 saturated heterocycles. The lowest BCUT2D eigenvalue weighted by atomic mass is 10.3. The van der Waals surface area contributed by atoms with E-state index in [0.717, 1.165) is 72.6 Å². The third-order valence-electron chi connectivity index (χ3n) is 5.28. The van der Waals surface area contributed by atoms with Crippen molar-refractivity contribution in [2.24, 2.45) is 0 Å². The van der Waals surface area contributed by atoms with Gasteiger partial charge in [-0.05, 0) is 20.8 Å². The smallest absolute Gasteiger partial charge is 0.165 e. The number of aryl methyl sites for hydroxylation is 3. The molecule has 0 radical (unpaired) electrons. The first-order valence-corrected chi connectivity index (χ1v) is 9.64. The fourth-order valence-corrected chi connectivity index (χ4v) is 3.90. The molecule has 9 nitrogen and oxygen atoms in total. The predicted molar refractivity (Wildman–Crippen MR) is 108 cm³/mol. The summed E-state index contributed by atoms with van der Waals surface area (Å²) >= 11 is 0. The molecular weight excluding hydrogens is 354 g/mol. The van der Waals surface area contributed by atoms with Crippen molar-refractivity contribution >= 4 is 28.4 Å². The Balaban J connectivity index is 1.43. The Morgan fingerprint density at radius 2 is 1.71 bits per heavy atom. The monoisotopic (exact) mass is 377 g/mol. The lowest BCUT2D eigenvalue weighted by Crippen LogP contribution is -2.47. The van der Waals surface area contributed by atoms with E-state index in [9.17, 15) is 0 Å². The first-order valence-electron chi connectivity index (χ1n) is 9.64. The van der Waals surface area contributed by atoms with Gasteiger partial charge in [-0.3, -0.25) is 0 Å². The van der Waals surface area contributed by atoms with Crippen LogP contribution in [0.3, 0.4) is 0 Å². The van der Waals surface area contributed by atoms with Gasteiger partial charge >= 0.3 is 0 Å². The molecule has 0 bridgehead atoms. The third-order valence-corrected chi connectivity index (χ3v) is 5.28. The van der Waals surface area contributed by atoms with Crippen molar-refractivity contribution in [1.29, 1.82) is 0 Å². The molecule has 0 saturated carbocycles. The Kier molecular flexibility index (Phi) is 3.88. The fourth-order valence-electron chi connectivity index (χ4n) is 3.90. The van der Waals surface area contributed by atoms with Gasteiger partial charge in [-0.25, -0.2) is 19.9 Å². The fraction of sp³-hybridized carbons (Fsp3) is 0.421. The minimum atomic E-state index is 0.849. The zero-order valence-electron chi connectivity index (χ0n) is 16.4. The maximum absolute atomic E-state index is 4.63. The van der Waals surface area contributed by atoms with Crippen LogP contribution in [0, 0.1) is 13.8 Å². The molecule has 1 fully saturated rings. The summed E-state index contributed by atoms with van der Waals surface area (Å²) in [6.45, 7) is 10.5. The highest BCUT2D eigenvalue weighted by Crippen LogP contribution is 2.25. The average molecular weight is 377 g/mol. The van der Waals surface area contributed by atoms with Crippen molar-refractivity contribution in [3.63, 3.8) is 0 Å². The van der Waals surface area contributed by atoms with E-state index in [0.29, 0.717) is 0 Å². The molecule has 9 heteroatoms. The van der Waals surface area contributed by atoms with E-state index in [1.807, 2.05) is 35.3 Å². The lowest BCUT2D eigenvalue weighted by Gasteiger charge is -2.36. The molecule has 5 heterocycles. The SMILES string of the molecule is CCn1cnc2c(N3CCN(c4cc(C)nc5cc(C)nn45)CC3)ncnc21. The Morgan fingerprint density at radius 1 is 0.929 bits per heavy atom. The van der Waals surface area contributed by atoms with E-state index >= 15 is 0 Å². The highest BCUT2D eigenvalue weighted by molar-refractivity contribution is 5.83. The summed E-state index contributed by atoms with van der Waals surface area (Å²) in [5.74, 6) is 2.01. The molecule has 4 aromatic heterocycles. The topological polar surface area (TPSA) is 80.3 Å². The predicted octanol–water partition coefficient (Wildman–Crippen LogP) is 1.83. The summed E-state index contributed by atoms with van der Waals surface area (Å²) in [5.41, 5.74) is 4.66. The number of hydrogen-bond acceptors (Lipinski definition) is 7. The molecular formula is C19H23N9. The van der Waals surface area contributed by atoms with Crippen molar-refractivity contribution in [3.8, 4) is 0 Å². The maximum Gasteiger partial charge on any atom is 0.165 e. The normalized spacial score (nSPS) is 15.1. The quantitative estimate of drug-likeness (QED) is 0.539. The molecule has 5 rings (SSSR count). The molecule has 0 aromatic carbocycles. The van der Waals surface area contributed by atoms with E-state index in [1.165, 1.54) is 0 Å². The number of piperazine rings is 1. The van der Waals surface area contributed by atoms with Crippen LogP contribution in [0.25, 0.3) is 16.8 Å². The number of anilines is 2. The van der Waals surface area contributed by atoms with Crippen LogP contribution in [0.5, 0.6) is 0 Å². The van der Waals surface area contributed by atoms with Gasteiger partial charge in [0.05, 0.1) is 12.0 Å². The van der Waals surface area contributed by atoms with E-state index in [4.69, 9.17) is 0 Å². The van der Waals surface area contributed by atoms with Gasteiger partial charge in [0, 0.05) is 50.6 Å². The van der Waals surface area contributed by atoms with Crippen LogP contribution in [0.1, 0.15) is 18.3 Å². The van der Waals surface area contributed by atoms with Gasteiger partial charge in [0.1, 0.15) is 12.1 Å². The molecule has 144 valence electrons. The molecule has 1 aliphatic rings. The van der Waals surface area contributed by atoms with Crippen LogP contribution in [0.15, 0.2) is 24.8 Å². The zero-order chi connectivity index (χ0) is 19.3. The van der Waals surface area contributed by atoms with Crippen LogP contribution >= 0.6 is 0 Å². The van der Waals surface area contributed by atoms with Gasteiger partial charge in [0.25, 0.3) is 0 Å². The van der Waals surface area contributed by atoms with E-state index < -0.39 is 0 Å². The number of rotatable bonds is 3. The number of hydrogen-bond donors (Lipinski definition) is 0. The maximum atomic E-state index is 4.63. The Morgan fingerprint density at radius 3 is 2.50 bits per heavy atom. The third kappa shape index (κ3) is 2.65. The molecule has 0 atom stereocenters. The number of fused-ring (bicyclic) bond motifs is 2. The van der Waals surface area contributed by atoms with Crippen molar-refractivity contribution in [1.82, 2.24) is 34.1 Å². The van der Waals surface area contributed by atoms with Crippen molar-refractivity contribution in [2.75, 3.05) is 36.0 Å². The first-order chi connectivity index (χ1) is 13.6. The molecule has 1 aliphatic heterocycles. The molecule has 0 amide bonds. The van der Waals surface area contributed by atoms with Crippen molar-refractivity contribution < 1.29 is 0 Å². The summed E-state index contributed by atoms with van der Waals surface area (Å²) in [6, 6.07) is 4.13.